The van der Waals surface area contributed by atoms with Crippen LogP contribution in [0.3, 0.4) is 0 Å². The molecular weight excluding hydrogens is 254 g/mol. The molecule has 0 aromatic heterocycles. The Morgan fingerprint density at radius 1 is 1.40 bits per heavy atom. The van der Waals surface area contributed by atoms with Crippen molar-refractivity contribution in [2.45, 2.75) is 39.7 Å². The SMILES string of the molecule is C/C=C\c1c(C)cccc1CC(NC(=O)CC)C(=O)O. The average molecular weight is 275 g/mol. The number of hydrogen-bond donors (Lipinski definition) is 2. The highest BCUT2D eigenvalue weighted by atomic mass is 16.4. The third kappa shape index (κ3) is 4.23. The number of carboxylic acid groups (broad SMARTS) is 1. The molecule has 1 atom stereocenters. The minimum Gasteiger partial charge on any atom is -0.480 e. The Hall–Kier alpha value is -2.10. The van der Waals surface area contributed by atoms with Gasteiger partial charge in [0, 0.05) is 12.8 Å². The van der Waals surface area contributed by atoms with Crippen LogP contribution in [-0.4, -0.2) is 23.0 Å². The van der Waals surface area contributed by atoms with Gasteiger partial charge in [-0.05, 0) is 30.5 Å². The van der Waals surface area contributed by atoms with Crippen molar-refractivity contribution in [2.75, 3.05) is 0 Å². The number of carbonyl (C=O) groups is 2. The molecule has 4 heteroatoms. The summed E-state index contributed by atoms with van der Waals surface area (Å²) in [6, 6.07) is 4.89. The number of hydrogen-bond acceptors (Lipinski definition) is 2. The van der Waals surface area contributed by atoms with Crippen LogP contribution in [0.5, 0.6) is 0 Å². The van der Waals surface area contributed by atoms with E-state index in [2.05, 4.69) is 5.32 Å². The second kappa shape index (κ2) is 7.48. The van der Waals surface area contributed by atoms with E-state index in [-0.39, 0.29) is 18.7 Å². The Bertz CT molecular complexity index is 520. The highest BCUT2D eigenvalue weighted by Gasteiger charge is 2.20. The maximum Gasteiger partial charge on any atom is 0.326 e. The van der Waals surface area contributed by atoms with E-state index in [1.165, 1.54) is 0 Å². The standard InChI is InChI=1S/C16H21NO3/c1-4-7-13-11(3)8-6-9-12(13)10-14(16(19)20)17-15(18)5-2/h4,6-9,14H,5,10H2,1-3H3,(H,17,18)(H,19,20)/b7-4-. The van der Waals surface area contributed by atoms with Gasteiger partial charge in [0.2, 0.25) is 5.91 Å². The van der Waals surface area contributed by atoms with Gasteiger partial charge in [-0.15, -0.1) is 0 Å². The second-order valence-corrected chi connectivity index (χ2v) is 4.66. The predicted molar refractivity (Wildman–Crippen MR) is 79.4 cm³/mol. The van der Waals surface area contributed by atoms with Crippen molar-refractivity contribution in [2.24, 2.45) is 0 Å². The van der Waals surface area contributed by atoms with Crippen molar-refractivity contribution in [3.8, 4) is 0 Å². The first-order valence-electron chi connectivity index (χ1n) is 6.73. The van der Waals surface area contributed by atoms with Crippen LogP contribution in [0.15, 0.2) is 24.3 Å². The molecule has 1 aromatic carbocycles. The molecule has 0 fully saturated rings. The fourth-order valence-electron chi connectivity index (χ4n) is 2.04. The molecule has 0 aliphatic heterocycles. The van der Waals surface area contributed by atoms with E-state index >= 15 is 0 Å². The van der Waals surface area contributed by atoms with Gasteiger partial charge in [-0.3, -0.25) is 4.79 Å². The van der Waals surface area contributed by atoms with Crippen LogP contribution in [0.4, 0.5) is 0 Å². The first-order chi connectivity index (χ1) is 9.49. The number of rotatable bonds is 6. The number of carbonyl (C=O) groups excluding carboxylic acids is 1. The maximum atomic E-state index is 11.4. The molecule has 1 unspecified atom stereocenters. The van der Waals surface area contributed by atoms with E-state index in [0.717, 1.165) is 16.7 Å². The number of aliphatic carboxylic acids is 1. The van der Waals surface area contributed by atoms with Crippen molar-refractivity contribution in [3.63, 3.8) is 0 Å². The van der Waals surface area contributed by atoms with Crippen LogP contribution >= 0.6 is 0 Å². The quantitative estimate of drug-likeness (QED) is 0.838. The summed E-state index contributed by atoms with van der Waals surface area (Å²) in [4.78, 5) is 22.7. The first-order valence-corrected chi connectivity index (χ1v) is 6.73. The number of aryl methyl sites for hydroxylation is 1. The molecule has 108 valence electrons. The van der Waals surface area contributed by atoms with Crippen molar-refractivity contribution in [1.29, 1.82) is 0 Å². The zero-order chi connectivity index (χ0) is 15.1. The van der Waals surface area contributed by atoms with Crippen LogP contribution in [0.2, 0.25) is 0 Å². The monoisotopic (exact) mass is 275 g/mol. The lowest BCUT2D eigenvalue weighted by atomic mass is 9.96. The summed E-state index contributed by atoms with van der Waals surface area (Å²) in [6.07, 6.45) is 4.44. The van der Waals surface area contributed by atoms with Gasteiger partial charge in [0.15, 0.2) is 0 Å². The third-order valence-electron chi connectivity index (χ3n) is 3.13. The number of nitrogens with one attached hydrogen (secondary N) is 1. The van der Waals surface area contributed by atoms with Crippen LogP contribution in [0.1, 0.15) is 37.0 Å². The lowest BCUT2D eigenvalue weighted by molar-refractivity contribution is -0.141. The first kappa shape index (κ1) is 16.0. The van der Waals surface area contributed by atoms with Gasteiger partial charge >= 0.3 is 5.97 Å². The summed E-state index contributed by atoms with van der Waals surface area (Å²) in [5.74, 6) is -1.27. The van der Waals surface area contributed by atoms with Gasteiger partial charge in [-0.1, -0.05) is 37.3 Å². The second-order valence-electron chi connectivity index (χ2n) is 4.66. The maximum absolute atomic E-state index is 11.4. The summed E-state index contributed by atoms with van der Waals surface area (Å²) in [5.41, 5.74) is 3.03. The third-order valence-corrected chi connectivity index (χ3v) is 3.13. The molecule has 0 radical (unpaired) electrons. The fourth-order valence-corrected chi connectivity index (χ4v) is 2.04. The van der Waals surface area contributed by atoms with E-state index in [9.17, 15) is 14.7 Å². The molecule has 2 N–H and O–H groups in total. The van der Waals surface area contributed by atoms with Crippen LogP contribution in [-0.2, 0) is 16.0 Å². The topological polar surface area (TPSA) is 66.4 Å². The number of allylic oxidation sites excluding steroid dienone is 1. The molecular formula is C16H21NO3. The largest absolute Gasteiger partial charge is 0.480 e. The Balaban J connectivity index is 3.02. The van der Waals surface area contributed by atoms with E-state index < -0.39 is 12.0 Å². The summed E-state index contributed by atoms with van der Waals surface area (Å²) >= 11 is 0. The van der Waals surface area contributed by atoms with Gasteiger partial charge in [-0.25, -0.2) is 4.79 Å². The molecule has 4 nitrogen and oxygen atoms in total. The number of benzene rings is 1. The predicted octanol–water partition coefficient (Wildman–Crippen LogP) is 2.55. The summed E-state index contributed by atoms with van der Waals surface area (Å²) in [5, 5.41) is 11.8. The zero-order valence-corrected chi connectivity index (χ0v) is 12.1. The van der Waals surface area contributed by atoms with Gasteiger partial charge in [0.05, 0.1) is 0 Å². The van der Waals surface area contributed by atoms with Crippen LogP contribution in [0.25, 0.3) is 6.08 Å². The summed E-state index contributed by atoms with van der Waals surface area (Å²) in [7, 11) is 0. The molecule has 0 aliphatic carbocycles. The summed E-state index contributed by atoms with van der Waals surface area (Å²) in [6.45, 7) is 5.61. The Kier molecular flexibility index (Phi) is 5.97. The van der Waals surface area contributed by atoms with Crippen LogP contribution in [0, 0.1) is 6.92 Å². The minimum atomic E-state index is -1.01. The summed E-state index contributed by atoms with van der Waals surface area (Å²) < 4.78 is 0. The van der Waals surface area contributed by atoms with Gasteiger partial charge in [0.1, 0.15) is 6.04 Å². The lowest BCUT2D eigenvalue weighted by Gasteiger charge is -2.16. The molecule has 0 bridgehead atoms. The molecule has 1 rings (SSSR count). The Morgan fingerprint density at radius 3 is 2.65 bits per heavy atom. The van der Waals surface area contributed by atoms with E-state index in [0.29, 0.717) is 0 Å². The molecule has 1 aromatic rings. The zero-order valence-electron chi connectivity index (χ0n) is 12.1. The Labute approximate surface area is 119 Å². The normalized spacial score (nSPS) is 12.3. The Morgan fingerprint density at radius 2 is 2.10 bits per heavy atom. The number of amides is 1. The number of carboxylic acids is 1. The molecule has 0 saturated heterocycles. The molecule has 0 heterocycles. The van der Waals surface area contributed by atoms with Crippen molar-refractivity contribution >= 4 is 18.0 Å². The molecule has 0 saturated carbocycles. The lowest BCUT2D eigenvalue weighted by Crippen LogP contribution is -2.42. The fraction of sp³-hybridized carbons (Fsp3) is 0.375. The minimum absolute atomic E-state index is 0.252. The molecule has 0 spiro atoms. The van der Waals surface area contributed by atoms with E-state index in [1.807, 2.05) is 44.2 Å². The average Bonchev–Trinajstić information content (AvgIpc) is 2.41. The highest BCUT2D eigenvalue weighted by molar-refractivity contribution is 5.83. The van der Waals surface area contributed by atoms with E-state index in [1.54, 1.807) is 6.92 Å². The highest BCUT2D eigenvalue weighted by Crippen LogP contribution is 2.18. The van der Waals surface area contributed by atoms with Crippen molar-refractivity contribution in [3.05, 3.63) is 41.0 Å². The van der Waals surface area contributed by atoms with Crippen LogP contribution < -0.4 is 5.32 Å². The molecule has 20 heavy (non-hydrogen) atoms. The van der Waals surface area contributed by atoms with Gasteiger partial charge in [-0.2, -0.15) is 0 Å². The van der Waals surface area contributed by atoms with Gasteiger partial charge in [0.25, 0.3) is 0 Å². The molecule has 0 aliphatic rings. The molecule has 1 amide bonds. The smallest absolute Gasteiger partial charge is 0.326 e. The van der Waals surface area contributed by atoms with E-state index in [4.69, 9.17) is 0 Å². The van der Waals surface area contributed by atoms with Crippen molar-refractivity contribution < 1.29 is 14.7 Å². The van der Waals surface area contributed by atoms with Crippen molar-refractivity contribution in [1.82, 2.24) is 5.32 Å². The van der Waals surface area contributed by atoms with Gasteiger partial charge < -0.3 is 10.4 Å².